The first-order valence-electron chi connectivity index (χ1n) is 7.59. The van der Waals surface area contributed by atoms with Crippen LogP contribution in [0.3, 0.4) is 0 Å². The molecule has 1 fully saturated rings. The van der Waals surface area contributed by atoms with Crippen LogP contribution in [0.5, 0.6) is 0 Å². The Morgan fingerprint density at radius 1 is 1.28 bits per heavy atom. The van der Waals surface area contributed by atoms with E-state index in [2.05, 4.69) is 0 Å². The second kappa shape index (κ2) is 7.80. The van der Waals surface area contributed by atoms with Gasteiger partial charge < -0.3 is 10.6 Å². The number of likely N-dealkylation sites (tertiary alicyclic amines) is 1. The highest BCUT2D eigenvalue weighted by atomic mass is 35.5. The summed E-state index contributed by atoms with van der Waals surface area (Å²) in [6, 6.07) is 4.40. The monoisotopic (exact) mass is 407 g/mol. The third kappa shape index (κ3) is 4.99. The Kier molecular flexibility index (Phi) is 6.18. The number of hydrogen-bond acceptors (Lipinski definition) is 4. The number of benzene rings is 1. The van der Waals surface area contributed by atoms with Gasteiger partial charge in [0.25, 0.3) is 0 Å². The molecule has 10 heteroatoms. The number of halogens is 2. The lowest BCUT2D eigenvalue weighted by molar-refractivity contribution is -0.133. The number of amides is 2. The molecule has 1 aromatic rings. The van der Waals surface area contributed by atoms with E-state index in [-0.39, 0.29) is 35.0 Å². The Morgan fingerprint density at radius 2 is 1.88 bits per heavy atom. The molecule has 138 valence electrons. The number of hydrogen-bond donors (Lipinski definition) is 1. The van der Waals surface area contributed by atoms with Crippen LogP contribution in [0.15, 0.2) is 18.2 Å². The standard InChI is InChI=1S/C15H19Cl2N3O4S/c1-25(23,24)20(13-8-11(16)2-3-12(13)17)9-14(21)19-6-4-10(5-7-19)15(18)22/h2-3,8,10H,4-7,9H2,1H3,(H2,18,22). The zero-order chi connectivity index (χ0) is 18.8. The highest BCUT2D eigenvalue weighted by Crippen LogP contribution is 2.30. The summed E-state index contributed by atoms with van der Waals surface area (Å²) in [4.78, 5) is 25.3. The van der Waals surface area contributed by atoms with Gasteiger partial charge in [-0.2, -0.15) is 0 Å². The Bertz CT molecular complexity index is 777. The van der Waals surface area contributed by atoms with Crippen molar-refractivity contribution in [1.29, 1.82) is 0 Å². The molecule has 0 saturated carbocycles. The van der Waals surface area contributed by atoms with Crippen LogP contribution >= 0.6 is 23.2 Å². The largest absolute Gasteiger partial charge is 0.369 e. The van der Waals surface area contributed by atoms with Gasteiger partial charge in [-0.25, -0.2) is 8.42 Å². The predicted octanol–water partition coefficient (Wildman–Crippen LogP) is 1.48. The molecule has 0 bridgehead atoms. The summed E-state index contributed by atoms with van der Waals surface area (Å²) >= 11 is 12.0. The van der Waals surface area contributed by atoms with Crippen LogP contribution in [-0.4, -0.2) is 51.0 Å². The number of nitrogens with two attached hydrogens (primary N) is 1. The minimum atomic E-state index is -3.75. The Balaban J connectivity index is 2.17. The molecule has 1 aliphatic rings. The van der Waals surface area contributed by atoms with E-state index < -0.39 is 10.0 Å². The highest BCUT2D eigenvalue weighted by Gasteiger charge is 2.29. The molecular formula is C15H19Cl2N3O4S. The van der Waals surface area contributed by atoms with Crippen LogP contribution in [0.2, 0.25) is 10.0 Å². The second-order valence-corrected chi connectivity index (χ2v) is 8.67. The number of sulfonamides is 1. The van der Waals surface area contributed by atoms with Gasteiger partial charge in [0.1, 0.15) is 6.54 Å². The number of carbonyl (C=O) groups is 2. The van der Waals surface area contributed by atoms with Gasteiger partial charge in [0.15, 0.2) is 0 Å². The minimum Gasteiger partial charge on any atom is -0.369 e. The number of piperidine rings is 1. The lowest BCUT2D eigenvalue weighted by atomic mass is 9.96. The van der Waals surface area contributed by atoms with Gasteiger partial charge in [0, 0.05) is 24.0 Å². The molecule has 7 nitrogen and oxygen atoms in total. The van der Waals surface area contributed by atoms with Crippen molar-refractivity contribution in [3.8, 4) is 0 Å². The molecule has 0 spiro atoms. The quantitative estimate of drug-likeness (QED) is 0.798. The van der Waals surface area contributed by atoms with Crippen molar-refractivity contribution in [1.82, 2.24) is 4.90 Å². The van der Waals surface area contributed by atoms with Crippen LogP contribution in [0, 0.1) is 5.92 Å². The van der Waals surface area contributed by atoms with Gasteiger partial charge in [-0.05, 0) is 31.0 Å². The van der Waals surface area contributed by atoms with E-state index in [4.69, 9.17) is 28.9 Å². The molecule has 25 heavy (non-hydrogen) atoms. The van der Waals surface area contributed by atoms with Crippen molar-refractivity contribution in [2.75, 3.05) is 30.2 Å². The molecule has 2 amide bonds. The van der Waals surface area contributed by atoms with Crippen molar-refractivity contribution in [2.24, 2.45) is 11.7 Å². The van der Waals surface area contributed by atoms with Gasteiger partial charge in [-0.3, -0.25) is 13.9 Å². The lowest BCUT2D eigenvalue weighted by Crippen LogP contribution is -2.47. The normalized spacial score (nSPS) is 15.9. The maximum absolute atomic E-state index is 12.5. The molecule has 0 aromatic heterocycles. The highest BCUT2D eigenvalue weighted by molar-refractivity contribution is 7.92. The summed E-state index contributed by atoms with van der Waals surface area (Å²) < 4.78 is 25.2. The summed E-state index contributed by atoms with van der Waals surface area (Å²) in [5.41, 5.74) is 5.43. The molecule has 1 saturated heterocycles. The van der Waals surface area contributed by atoms with Gasteiger partial charge >= 0.3 is 0 Å². The van der Waals surface area contributed by atoms with Gasteiger partial charge in [-0.1, -0.05) is 23.2 Å². The van der Waals surface area contributed by atoms with Crippen LogP contribution < -0.4 is 10.0 Å². The molecule has 1 heterocycles. The number of primary amides is 1. The van der Waals surface area contributed by atoms with Gasteiger partial charge in [0.05, 0.1) is 17.0 Å². The molecule has 1 aliphatic heterocycles. The van der Waals surface area contributed by atoms with E-state index in [1.807, 2.05) is 0 Å². The summed E-state index contributed by atoms with van der Waals surface area (Å²) in [5.74, 6) is -1.00. The first-order chi connectivity index (χ1) is 11.6. The maximum Gasteiger partial charge on any atom is 0.243 e. The van der Waals surface area contributed by atoms with Crippen molar-refractivity contribution in [2.45, 2.75) is 12.8 Å². The fourth-order valence-electron chi connectivity index (χ4n) is 2.69. The van der Waals surface area contributed by atoms with Crippen LogP contribution in [0.1, 0.15) is 12.8 Å². The summed E-state index contributed by atoms with van der Waals surface area (Å²) in [6.45, 7) is 0.320. The van der Waals surface area contributed by atoms with E-state index >= 15 is 0 Å². The molecule has 2 rings (SSSR count). The summed E-state index contributed by atoms with van der Waals surface area (Å²) in [6.07, 6.45) is 1.94. The summed E-state index contributed by atoms with van der Waals surface area (Å²) in [7, 11) is -3.75. The van der Waals surface area contributed by atoms with Crippen molar-refractivity contribution in [3.63, 3.8) is 0 Å². The zero-order valence-corrected chi connectivity index (χ0v) is 15.9. The molecule has 0 radical (unpaired) electrons. The Morgan fingerprint density at radius 3 is 2.40 bits per heavy atom. The molecular weight excluding hydrogens is 389 g/mol. The molecule has 0 aliphatic carbocycles. The van der Waals surface area contributed by atoms with Crippen molar-refractivity contribution >= 4 is 50.7 Å². The fraction of sp³-hybridized carbons (Fsp3) is 0.467. The first kappa shape index (κ1) is 19.8. The van der Waals surface area contributed by atoms with Crippen LogP contribution in [0.25, 0.3) is 0 Å². The molecule has 1 aromatic carbocycles. The maximum atomic E-state index is 12.5. The number of carbonyl (C=O) groups excluding carboxylic acids is 2. The lowest BCUT2D eigenvalue weighted by Gasteiger charge is -2.32. The molecule has 0 atom stereocenters. The SMILES string of the molecule is CS(=O)(=O)N(CC(=O)N1CCC(C(N)=O)CC1)c1cc(Cl)ccc1Cl. The van der Waals surface area contributed by atoms with Gasteiger partial charge in [0.2, 0.25) is 21.8 Å². The topological polar surface area (TPSA) is 101 Å². The average molecular weight is 408 g/mol. The van der Waals surface area contributed by atoms with Crippen LogP contribution in [0.4, 0.5) is 5.69 Å². The second-order valence-electron chi connectivity index (χ2n) is 5.92. The number of rotatable bonds is 5. The summed E-state index contributed by atoms with van der Waals surface area (Å²) in [5, 5.41) is 0.484. The smallest absolute Gasteiger partial charge is 0.243 e. The Hall–Kier alpha value is -1.51. The van der Waals surface area contributed by atoms with E-state index in [0.717, 1.165) is 10.6 Å². The number of nitrogens with zero attached hydrogens (tertiary/aromatic N) is 2. The number of anilines is 1. The minimum absolute atomic E-state index is 0.150. The zero-order valence-electron chi connectivity index (χ0n) is 13.6. The molecule has 0 unspecified atom stereocenters. The first-order valence-corrected chi connectivity index (χ1v) is 10.2. The predicted molar refractivity (Wildman–Crippen MR) is 97.2 cm³/mol. The van der Waals surface area contributed by atoms with Gasteiger partial charge in [-0.15, -0.1) is 0 Å². The van der Waals surface area contributed by atoms with E-state index in [1.54, 1.807) is 0 Å². The van der Waals surface area contributed by atoms with Crippen LogP contribution in [-0.2, 0) is 19.6 Å². The third-order valence-corrected chi connectivity index (χ3v) is 5.79. The van der Waals surface area contributed by atoms with E-state index in [1.165, 1.54) is 23.1 Å². The average Bonchev–Trinajstić information content (AvgIpc) is 2.54. The molecule has 2 N–H and O–H groups in total. The van der Waals surface area contributed by atoms with Crippen molar-refractivity contribution < 1.29 is 18.0 Å². The van der Waals surface area contributed by atoms with Crippen molar-refractivity contribution in [3.05, 3.63) is 28.2 Å². The fourth-order valence-corrected chi connectivity index (χ4v) is 3.98. The Labute approximate surface area is 156 Å². The van der Waals surface area contributed by atoms with E-state index in [0.29, 0.717) is 31.0 Å². The van der Waals surface area contributed by atoms with E-state index in [9.17, 15) is 18.0 Å². The third-order valence-electron chi connectivity index (χ3n) is 4.11.